The maximum absolute atomic E-state index is 11.2. The van der Waals surface area contributed by atoms with E-state index < -0.39 is 5.91 Å². The number of halogens is 1. The number of hydrogen-bond donors (Lipinski definition) is 2. The molecule has 0 heterocycles. The summed E-state index contributed by atoms with van der Waals surface area (Å²) in [6.45, 7) is 11.7. The normalized spacial score (nSPS) is 11.4. The van der Waals surface area contributed by atoms with Gasteiger partial charge in [-0.2, -0.15) is 0 Å². The highest BCUT2D eigenvalue weighted by Crippen LogP contribution is 2.28. The van der Waals surface area contributed by atoms with Crippen molar-refractivity contribution in [2.24, 2.45) is 5.73 Å². The molecule has 0 aromatic heterocycles. The van der Waals surface area contributed by atoms with Gasteiger partial charge in [0.05, 0.1) is 10.6 Å². The van der Waals surface area contributed by atoms with Crippen LogP contribution >= 0.6 is 11.6 Å². The van der Waals surface area contributed by atoms with Crippen LogP contribution < -0.4 is 11.1 Å². The summed E-state index contributed by atoms with van der Waals surface area (Å²) in [5, 5.41) is 3.74. The van der Waals surface area contributed by atoms with Crippen molar-refractivity contribution in [3.63, 3.8) is 0 Å². The molecule has 3 nitrogen and oxygen atoms in total. The predicted octanol–water partition coefficient (Wildman–Crippen LogP) is 4.97. The molecule has 2 aromatic rings. The third-order valence-corrected chi connectivity index (χ3v) is 4.58. The van der Waals surface area contributed by atoms with Crippen LogP contribution in [0.1, 0.15) is 53.4 Å². The van der Waals surface area contributed by atoms with Gasteiger partial charge in [-0.3, -0.25) is 4.79 Å². The van der Waals surface area contributed by atoms with Crippen molar-refractivity contribution in [3.05, 3.63) is 63.2 Å². The van der Waals surface area contributed by atoms with Crippen molar-refractivity contribution in [2.45, 2.75) is 46.6 Å². The van der Waals surface area contributed by atoms with Crippen molar-refractivity contribution in [3.8, 4) is 0 Å². The second-order valence-corrected chi connectivity index (χ2v) is 7.66. The Morgan fingerprint density at radius 2 is 1.71 bits per heavy atom. The summed E-state index contributed by atoms with van der Waals surface area (Å²) in [7, 11) is 0. The van der Waals surface area contributed by atoms with E-state index in [1.54, 1.807) is 12.1 Å². The van der Waals surface area contributed by atoms with Gasteiger partial charge >= 0.3 is 0 Å². The average molecular weight is 345 g/mol. The van der Waals surface area contributed by atoms with Crippen molar-refractivity contribution >= 4 is 23.2 Å². The van der Waals surface area contributed by atoms with Crippen molar-refractivity contribution in [1.82, 2.24) is 0 Å². The number of nitrogens with one attached hydrogen (secondary N) is 1. The Hall–Kier alpha value is -2.00. The fourth-order valence-corrected chi connectivity index (χ4v) is 2.99. The second-order valence-electron chi connectivity index (χ2n) is 7.25. The van der Waals surface area contributed by atoms with E-state index in [0.717, 1.165) is 5.69 Å². The van der Waals surface area contributed by atoms with Gasteiger partial charge in [-0.15, -0.1) is 0 Å². The van der Waals surface area contributed by atoms with Gasteiger partial charge in [-0.1, -0.05) is 44.5 Å². The molecule has 2 rings (SSSR count). The Balaban J connectivity index is 2.21. The molecule has 2 aromatic carbocycles. The molecule has 4 heteroatoms. The quantitative estimate of drug-likeness (QED) is 0.823. The van der Waals surface area contributed by atoms with E-state index >= 15 is 0 Å². The number of amides is 1. The van der Waals surface area contributed by atoms with Gasteiger partial charge < -0.3 is 11.1 Å². The van der Waals surface area contributed by atoms with Gasteiger partial charge in [0.15, 0.2) is 0 Å². The summed E-state index contributed by atoms with van der Waals surface area (Å²) in [6.07, 6.45) is 0. The molecule has 0 unspecified atom stereocenters. The van der Waals surface area contributed by atoms with E-state index in [4.69, 9.17) is 17.3 Å². The van der Waals surface area contributed by atoms with Crippen LogP contribution in [-0.2, 0) is 12.0 Å². The SMILES string of the molecule is Cc1cc(C(C)(C)C)cc(C)c1CNc1ccc(C(N)=O)c(Cl)c1. The monoisotopic (exact) mass is 344 g/mol. The third kappa shape index (κ3) is 4.09. The van der Waals surface area contributed by atoms with E-state index in [1.807, 2.05) is 6.07 Å². The number of aryl methyl sites for hydroxylation is 2. The summed E-state index contributed by atoms with van der Waals surface area (Å²) < 4.78 is 0. The third-order valence-electron chi connectivity index (χ3n) is 4.27. The molecule has 128 valence electrons. The molecule has 0 saturated carbocycles. The molecule has 0 saturated heterocycles. The number of carbonyl (C=O) groups is 1. The van der Waals surface area contributed by atoms with E-state index in [1.165, 1.54) is 22.3 Å². The highest BCUT2D eigenvalue weighted by atomic mass is 35.5. The number of nitrogens with two attached hydrogens (primary N) is 1. The molecule has 1 amide bonds. The zero-order valence-electron chi connectivity index (χ0n) is 15.0. The maximum Gasteiger partial charge on any atom is 0.250 e. The number of primary amides is 1. The zero-order chi connectivity index (χ0) is 18.1. The summed E-state index contributed by atoms with van der Waals surface area (Å²) in [4.78, 5) is 11.2. The highest BCUT2D eigenvalue weighted by molar-refractivity contribution is 6.34. The Morgan fingerprint density at radius 3 is 2.17 bits per heavy atom. The lowest BCUT2D eigenvalue weighted by Gasteiger charge is -2.22. The summed E-state index contributed by atoms with van der Waals surface area (Å²) in [6, 6.07) is 9.71. The predicted molar refractivity (Wildman–Crippen MR) is 102 cm³/mol. The van der Waals surface area contributed by atoms with Crippen LogP contribution in [0, 0.1) is 13.8 Å². The number of rotatable bonds is 4. The summed E-state index contributed by atoms with van der Waals surface area (Å²) in [5.41, 5.74) is 11.8. The van der Waals surface area contributed by atoms with Gasteiger partial charge in [0.25, 0.3) is 0 Å². The fraction of sp³-hybridized carbons (Fsp3) is 0.350. The topological polar surface area (TPSA) is 55.1 Å². The first-order valence-electron chi connectivity index (χ1n) is 8.03. The van der Waals surface area contributed by atoms with Gasteiger partial charge in [0.2, 0.25) is 5.91 Å². The molecule has 0 bridgehead atoms. The Bertz CT molecular complexity index is 753. The lowest BCUT2D eigenvalue weighted by molar-refractivity contribution is 0.100. The number of benzene rings is 2. The zero-order valence-corrected chi connectivity index (χ0v) is 15.7. The lowest BCUT2D eigenvalue weighted by atomic mass is 9.84. The van der Waals surface area contributed by atoms with Crippen molar-refractivity contribution in [2.75, 3.05) is 5.32 Å². The lowest BCUT2D eigenvalue weighted by Crippen LogP contribution is -2.14. The number of carbonyl (C=O) groups excluding carboxylic acids is 1. The smallest absolute Gasteiger partial charge is 0.250 e. The Labute approximate surface area is 149 Å². The standard InChI is InChI=1S/C20H25ClN2O/c1-12-8-14(20(3,4)5)9-13(2)17(12)11-23-15-6-7-16(19(22)24)18(21)10-15/h6-10,23H,11H2,1-5H3,(H2,22,24). The Morgan fingerprint density at radius 1 is 1.12 bits per heavy atom. The molecule has 0 aliphatic heterocycles. The van der Waals surface area contributed by atoms with Crippen LogP contribution in [0.5, 0.6) is 0 Å². The Kier molecular flexibility index (Phi) is 5.24. The fourth-order valence-electron chi connectivity index (χ4n) is 2.72. The molecule has 0 aliphatic rings. The van der Waals surface area contributed by atoms with Crippen molar-refractivity contribution in [1.29, 1.82) is 0 Å². The van der Waals surface area contributed by atoms with Gasteiger partial charge in [-0.05, 0) is 59.7 Å². The molecular formula is C20H25ClN2O. The van der Waals surface area contributed by atoms with Crippen LogP contribution in [0.4, 0.5) is 5.69 Å². The number of anilines is 1. The first-order chi connectivity index (χ1) is 11.1. The minimum Gasteiger partial charge on any atom is -0.381 e. The van der Waals surface area contributed by atoms with Gasteiger partial charge in [0.1, 0.15) is 0 Å². The van der Waals surface area contributed by atoms with Crippen LogP contribution in [0.15, 0.2) is 30.3 Å². The van der Waals surface area contributed by atoms with Crippen LogP contribution in [-0.4, -0.2) is 5.91 Å². The molecule has 0 radical (unpaired) electrons. The largest absolute Gasteiger partial charge is 0.381 e. The van der Waals surface area contributed by atoms with E-state index in [9.17, 15) is 4.79 Å². The molecule has 0 atom stereocenters. The molecule has 3 N–H and O–H groups in total. The van der Waals surface area contributed by atoms with Gasteiger partial charge in [-0.25, -0.2) is 0 Å². The summed E-state index contributed by atoms with van der Waals surface area (Å²) in [5.74, 6) is -0.518. The van der Waals surface area contributed by atoms with Crippen molar-refractivity contribution < 1.29 is 4.79 Å². The maximum atomic E-state index is 11.2. The minimum absolute atomic E-state index is 0.138. The second kappa shape index (κ2) is 6.86. The van der Waals surface area contributed by atoms with Crippen LogP contribution in [0.3, 0.4) is 0 Å². The molecule has 0 aliphatic carbocycles. The molecule has 0 fully saturated rings. The van der Waals surface area contributed by atoms with E-state index in [2.05, 4.69) is 52.1 Å². The minimum atomic E-state index is -0.518. The molecular weight excluding hydrogens is 320 g/mol. The van der Waals surface area contributed by atoms with Crippen LogP contribution in [0.2, 0.25) is 5.02 Å². The first kappa shape index (κ1) is 18.3. The van der Waals surface area contributed by atoms with Gasteiger partial charge in [0, 0.05) is 12.2 Å². The average Bonchev–Trinajstić information content (AvgIpc) is 2.44. The summed E-state index contributed by atoms with van der Waals surface area (Å²) >= 11 is 6.10. The highest BCUT2D eigenvalue weighted by Gasteiger charge is 2.16. The number of hydrogen-bond acceptors (Lipinski definition) is 2. The first-order valence-corrected chi connectivity index (χ1v) is 8.41. The van der Waals surface area contributed by atoms with E-state index in [-0.39, 0.29) is 5.41 Å². The molecule has 0 spiro atoms. The van der Waals surface area contributed by atoms with E-state index in [0.29, 0.717) is 17.1 Å². The molecule has 24 heavy (non-hydrogen) atoms. The van der Waals surface area contributed by atoms with Crippen LogP contribution in [0.25, 0.3) is 0 Å².